The van der Waals surface area contributed by atoms with E-state index in [2.05, 4.69) is 46.7 Å². The van der Waals surface area contributed by atoms with Crippen LogP contribution in [0.1, 0.15) is 31.2 Å². The van der Waals surface area contributed by atoms with Crippen molar-refractivity contribution in [2.24, 2.45) is 0 Å². The fourth-order valence-corrected chi connectivity index (χ4v) is 2.69. The van der Waals surface area contributed by atoms with Crippen molar-refractivity contribution in [3.8, 4) is 0 Å². The van der Waals surface area contributed by atoms with Crippen LogP contribution in [0.3, 0.4) is 0 Å². The predicted molar refractivity (Wildman–Crippen MR) is 92.1 cm³/mol. The number of piperazine rings is 1. The molecule has 1 N–H and O–H groups in total. The molecule has 5 nitrogen and oxygen atoms in total. The van der Waals surface area contributed by atoms with Gasteiger partial charge in [-0.15, -0.1) is 0 Å². The summed E-state index contributed by atoms with van der Waals surface area (Å²) >= 11 is 0. The molecule has 5 heteroatoms. The van der Waals surface area contributed by atoms with Crippen molar-refractivity contribution >= 4 is 11.4 Å². The van der Waals surface area contributed by atoms with Crippen LogP contribution < -0.4 is 10.2 Å². The first-order valence-corrected chi connectivity index (χ1v) is 7.96. The second-order valence-corrected chi connectivity index (χ2v) is 5.80. The van der Waals surface area contributed by atoms with Gasteiger partial charge in [-0.25, -0.2) is 0 Å². The van der Waals surface area contributed by atoms with Crippen molar-refractivity contribution < 1.29 is 4.74 Å². The third kappa shape index (κ3) is 3.78. The average molecular weight is 304 g/mol. The third-order valence-electron chi connectivity index (χ3n) is 4.23. The van der Waals surface area contributed by atoms with Crippen LogP contribution in [0.2, 0.25) is 0 Å². The molecule has 0 spiro atoms. The summed E-state index contributed by atoms with van der Waals surface area (Å²) in [7, 11) is 3.87. The van der Waals surface area contributed by atoms with Gasteiger partial charge in [0.25, 0.3) is 0 Å². The molecule has 2 heterocycles. The lowest BCUT2D eigenvalue weighted by Crippen LogP contribution is -2.44. The number of aromatic nitrogens is 1. The Balaban J connectivity index is 2.30. The summed E-state index contributed by atoms with van der Waals surface area (Å²) in [4.78, 5) is 9.40. The Labute approximate surface area is 134 Å². The third-order valence-corrected chi connectivity index (χ3v) is 4.23. The van der Waals surface area contributed by atoms with Gasteiger partial charge in [-0.05, 0) is 27.0 Å². The van der Waals surface area contributed by atoms with Crippen molar-refractivity contribution in [3.05, 3.63) is 30.1 Å². The molecule has 0 aromatic carbocycles. The smallest absolute Gasteiger partial charge is 0.0969 e. The second-order valence-electron chi connectivity index (χ2n) is 5.80. The van der Waals surface area contributed by atoms with E-state index in [-0.39, 0.29) is 6.10 Å². The molecule has 22 heavy (non-hydrogen) atoms. The van der Waals surface area contributed by atoms with Crippen LogP contribution in [0, 0.1) is 0 Å². The lowest BCUT2D eigenvalue weighted by Gasteiger charge is -2.34. The van der Waals surface area contributed by atoms with Crippen LogP contribution in [0.15, 0.2) is 18.8 Å². The minimum absolute atomic E-state index is 0.0491. The van der Waals surface area contributed by atoms with E-state index in [0.29, 0.717) is 0 Å². The number of methoxy groups -OCH3 is 1. The minimum atomic E-state index is -0.0491. The summed E-state index contributed by atoms with van der Waals surface area (Å²) in [6.07, 6.45) is 1.91. The van der Waals surface area contributed by atoms with Gasteiger partial charge in [-0.2, -0.15) is 0 Å². The summed E-state index contributed by atoms with van der Waals surface area (Å²) in [5, 5.41) is 3.30. The van der Waals surface area contributed by atoms with Gasteiger partial charge in [0.05, 0.1) is 23.7 Å². The normalized spacial score (nSPS) is 17.4. The zero-order valence-corrected chi connectivity index (χ0v) is 14.2. The number of ether oxygens (including phenoxy) is 1. The molecule has 1 aliphatic heterocycles. The highest BCUT2D eigenvalue weighted by Gasteiger charge is 2.19. The molecule has 1 aromatic heterocycles. The van der Waals surface area contributed by atoms with Gasteiger partial charge < -0.3 is 19.9 Å². The summed E-state index contributed by atoms with van der Waals surface area (Å²) in [5.41, 5.74) is 4.05. The summed E-state index contributed by atoms with van der Waals surface area (Å²) < 4.78 is 5.45. The van der Waals surface area contributed by atoms with Gasteiger partial charge in [0.15, 0.2) is 0 Å². The fourth-order valence-electron chi connectivity index (χ4n) is 2.69. The first kappa shape index (κ1) is 16.8. The Hall–Kier alpha value is -1.59. The van der Waals surface area contributed by atoms with Gasteiger partial charge in [0, 0.05) is 51.1 Å². The van der Waals surface area contributed by atoms with Gasteiger partial charge >= 0.3 is 0 Å². The molecule has 1 atom stereocenters. The maximum absolute atomic E-state index is 5.45. The molecule has 0 unspecified atom stereocenters. The van der Waals surface area contributed by atoms with Crippen LogP contribution in [-0.2, 0) is 4.74 Å². The van der Waals surface area contributed by atoms with Gasteiger partial charge in [-0.1, -0.05) is 6.58 Å². The van der Waals surface area contributed by atoms with Crippen molar-refractivity contribution in [3.63, 3.8) is 0 Å². The number of hydrogen-bond donors (Lipinski definition) is 1. The van der Waals surface area contributed by atoms with E-state index in [4.69, 9.17) is 4.74 Å². The lowest BCUT2D eigenvalue weighted by molar-refractivity contribution is 0.115. The number of anilines is 1. The molecule has 1 fully saturated rings. The average Bonchev–Trinajstić information content (AvgIpc) is 2.54. The van der Waals surface area contributed by atoms with Gasteiger partial charge in [0.2, 0.25) is 0 Å². The van der Waals surface area contributed by atoms with Crippen LogP contribution in [0.25, 0.3) is 5.70 Å². The van der Waals surface area contributed by atoms with Crippen molar-refractivity contribution in [2.45, 2.75) is 20.0 Å². The SMILES string of the molecule is C=C(NCC)c1cc(N2CCN(C)CC2)cnc1[C@H](C)OC. The maximum atomic E-state index is 5.45. The molecule has 2 rings (SSSR count). The highest BCUT2D eigenvalue weighted by molar-refractivity contribution is 5.68. The van der Waals surface area contributed by atoms with Crippen LogP contribution in [-0.4, -0.2) is 56.8 Å². The van der Waals surface area contributed by atoms with E-state index in [0.717, 1.165) is 55.4 Å². The number of hydrogen-bond acceptors (Lipinski definition) is 5. The second kappa shape index (κ2) is 7.61. The minimum Gasteiger partial charge on any atom is -0.385 e. The molecule has 1 aliphatic rings. The largest absolute Gasteiger partial charge is 0.385 e. The van der Waals surface area contributed by atoms with E-state index in [1.807, 2.05) is 13.1 Å². The van der Waals surface area contributed by atoms with E-state index >= 15 is 0 Å². The fraction of sp³-hybridized carbons (Fsp3) is 0.588. The molecule has 122 valence electrons. The Morgan fingerprint density at radius 2 is 2.09 bits per heavy atom. The van der Waals surface area contributed by atoms with E-state index in [9.17, 15) is 0 Å². The first-order chi connectivity index (χ1) is 10.6. The molecule has 0 radical (unpaired) electrons. The number of likely N-dealkylation sites (N-methyl/N-ethyl adjacent to an activating group) is 1. The van der Waals surface area contributed by atoms with Crippen LogP contribution in [0.5, 0.6) is 0 Å². The Kier molecular flexibility index (Phi) is 5.80. The monoisotopic (exact) mass is 304 g/mol. The molecule has 0 amide bonds. The lowest BCUT2D eigenvalue weighted by atomic mass is 10.1. The van der Waals surface area contributed by atoms with E-state index < -0.39 is 0 Å². The number of nitrogens with one attached hydrogen (secondary N) is 1. The predicted octanol–water partition coefficient (Wildman–Crippen LogP) is 2.12. The Bertz CT molecular complexity index is 509. The highest BCUT2D eigenvalue weighted by atomic mass is 16.5. The Morgan fingerprint density at radius 3 is 2.68 bits per heavy atom. The van der Waals surface area contributed by atoms with Crippen LogP contribution >= 0.6 is 0 Å². The molecule has 0 saturated carbocycles. The summed E-state index contributed by atoms with van der Waals surface area (Å²) in [6.45, 7) is 13.3. The zero-order valence-electron chi connectivity index (χ0n) is 14.2. The molecule has 1 aromatic rings. The van der Waals surface area contributed by atoms with Crippen LogP contribution in [0.4, 0.5) is 5.69 Å². The molecular weight excluding hydrogens is 276 g/mol. The van der Waals surface area contributed by atoms with E-state index in [1.54, 1.807) is 7.11 Å². The number of rotatable bonds is 6. The first-order valence-electron chi connectivity index (χ1n) is 7.96. The topological polar surface area (TPSA) is 40.6 Å². The van der Waals surface area contributed by atoms with Crippen molar-refractivity contribution in [1.82, 2.24) is 15.2 Å². The van der Waals surface area contributed by atoms with Gasteiger partial charge in [-0.3, -0.25) is 4.98 Å². The van der Waals surface area contributed by atoms with Crippen molar-refractivity contribution in [1.29, 1.82) is 0 Å². The zero-order chi connectivity index (χ0) is 16.1. The molecule has 0 aliphatic carbocycles. The maximum Gasteiger partial charge on any atom is 0.0969 e. The standard InChI is InChI=1S/C17H28N4O/c1-6-18-13(2)16-11-15(12-19-17(16)14(3)22-5)21-9-7-20(4)8-10-21/h11-12,14,18H,2,6-10H2,1,3-5H3/t14-/m0/s1. The molecule has 0 bridgehead atoms. The number of nitrogens with zero attached hydrogens (tertiary/aromatic N) is 3. The summed E-state index contributed by atoms with van der Waals surface area (Å²) in [6, 6.07) is 2.19. The van der Waals surface area contributed by atoms with E-state index in [1.165, 1.54) is 0 Å². The summed E-state index contributed by atoms with van der Waals surface area (Å²) in [5.74, 6) is 0. The Morgan fingerprint density at radius 1 is 1.41 bits per heavy atom. The number of pyridine rings is 1. The van der Waals surface area contributed by atoms with Crippen molar-refractivity contribution in [2.75, 3.05) is 51.8 Å². The van der Waals surface area contributed by atoms with Gasteiger partial charge in [0.1, 0.15) is 0 Å². The molecular formula is C17H28N4O. The molecule has 1 saturated heterocycles. The quantitative estimate of drug-likeness (QED) is 0.872. The highest BCUT2D eigenvalue weighted by Crippen LogP contribution is 2.27.